The number of carbonyl (C=O) groups excluding carboxylic acids is 1. The van der Waals surface area contributed by atoms with E-state index in [0.717, 1.165) is 32.8 Å². The third-order valence-corrected chi connectivity index (χ3v) is 5.61. The first kappa shape index (κ1) is 20.5. The first-order valence-corrected chi connectivity index (χ1v) is 10.1. The van der Waals surface area contributed by atoms with E-state index in [1.165, 1.54) is 18.0 Å². The number of ether oxygens (including phenoxy) is 1. The van der Waals surface area contributed by atoms with Gasteiger partial charge in [0.25, 0.3) is 0 Å². The van der Waals surface area contributed by atoms with E-state index in [1.807, 2.05) is 31.2 Å². The van der Waals surface area contributed by atoms with Gasteiger partial charge in [-0.05, 0) is 48.9 Å². The van der Waals surface area contributed by atoms with Gasteiger partial charge in [0.05, 0.1) is 34.6 Å². The molecule has 0 aliphatic carbocycles. The summed E-state index contributed by atoms with van der Waals surface area (Å²) >= 11 is 13.3. The Morgan fingerprint density at radius 2 is 2.04 bits per heavy atom. The van der Waals surface area contributed by atoms with E-state index in [0.29, 0.717) is 10.0 Å². The van der Waals surface area contributed by atoms with Gasteiger partial charge >= 0.3 is 0 Å². The van der Waals surface area contributed by atoms with E-state index in [4.69, 9.17) is 27.9 Å². The molecule has 0 radical (unpaired) electrons. The van der Waals surface area contributed by atoms with E-state index < -0.39 is 0 Å². The van der Waals surface area contributed by atoms with E-state index in [-0.39, 0.29) is 11.7 Å². The van der Waals surface area contributed by atoms with Gasteiger partial charge in [0.15, 0.2) is 0 Å². The van der Waals surface area contributed by atoms with Crippen molar-refractivity contribution in [2.45, 2.75) is 11.8 Å². The Labute approximate surface area is 177 Å². The molecule has 3 aromatic rings. The van der Waals surface area contributed by atoms with Gasteiger partial charge in [0.2, 0.25) is 5.91 Å². The van der Waals surface area contributed by atoms with Gasteiger partial charge in [0.1, 0.15) is 5.75 Å². The number of carbonyl (C=O) groups is 1. The number of fused-ring (bicyclic) bond motifs is 1. The van der Waals surface area contributed by atoms with Gasteiger partial charge < -0.3 is 4.74 Å². The fourth-order valence-corrected chi connectivity index (χ4v) is 3.72. The van der Waals surface area contributed by atoms with Crippen LogP contribution in [-0.4, -0.2) is 30.0 Å². The summed E-state index contributed by atoms with van der Waals surface area (Å²) in [5, 5.41) is 5.81. The number of aromatic nitrogens is 1. The van der Waals surface area contributed by atoms with Gasteiger partial charge in [-0.3, -0.25) is 9.78 Å². The summed E-state index contributed by atoms with van der Waals surface area (Å²) in [6.45, 7) is 1.93. The number of methoxy groups -OCH3 is 1. The summed E-state index contributed by atoms with van der Waals surface area (Å²) < 4.78 is 5.29. The number of pyridine rings is 1. The fourth-order valence-electron chi connectivity index (χ4n) is 2.49. The SMILES string of the molecule is COc1ccc2nc(C)cc(SCC(=O)NN=Cc3ccc(Cl)c(Cl)c3)c2c1. The number of hydrazone groups is 1. The molecule has 0 bridgehead atoms. The molecular formula is C20H17Cl2N3O2S. The zero-order chi connectivity index (χ0) is 20.1. The Kier molecular flexibility index (Phi) is 6.78. The molecule has 0 saturated carbocycles. The van der Waals surface area contributed by atoms with Crippen LogP contribution in [0, 0.1) is 6.92 Å². The lowest BCUT2D eigenvalue weighted by Gasteiger charge is -2.09. The minimum absolute atomic E-state index is 0.216. The van der Waals surface area contributed by atoms with Crippen molar-refractivity contribution in [1.29, 1.82) is 0 Å². The Balaban J connectivity index is 1.65. The first-order chi connectivity index (χ1) is 13.5. The molecule has 1 amide bonds. The minimum Gasteiger partial charge on any atom is -0.497 e. The van der Waals surface area contributed by atoms with Crippen molar-refractivity contribution >= 4 is 58.0 Å². The Bertz CT molecular complexity index is 1060. The summed E-state index contributed by atoms with van der Waals surface area (Å²) in [6.07, 6.45) is 1.52. The second kappa shape index (κ2) is 9.28. The van der Waals surface area contributed by atoms with Crippen LogP contribution in [-0.2, 0) is 4.79 Å². The van der Waals surface area contributed by atoms with Gasteiger partial charge in [-0.25, -0.2) is 5.43 Å². The molecule has 0 aliphatic heterocycles. The van der Waals surface area contributed by atoms with Crippen molar-refractivity contribution in [2.24, 2.45) is 5.10 Å². The Morgan fingerprint density at radius 3 is 2.79 bits per heavy atom. The van der Waals surface area contributed by atoms with Gasteiger partial charge in [-0.1, -0.05) is 29.3 Å². The second-order valence-electron chi connectivity index (χ2n) is 5.90. The summed E-state index contributed by atoms with van der Waals surface area (Å²) in [7, 11) is 1.62. The maximum atomic E-state index is 12.1. The molecule has 144 valence electrons. The highest BCUT2D eigenvalue weighted by molar-refractivity contribution is 8.00. The van der Waals surface area contributed by atoms with E-state index in [1.54, 1.807) is 25.3 Å². The third-order valence-electron chi connectivity index (χ3n) is 3.81. The standard InChI is InChI=1S/C20H17Cl2N3O2S/c1-12-7-19(15-9-14(27-2)4-6-18(15)24-12)28-11-20(26)25-23-10-13-3-5-16(21)17(22)8-13/h3-10H,11H2,1-2H3,(H,25,26). The Morgan fingerprint density at radius 1 is 1.21 bits per heavy atom. The summed E-state index contributed by atoms with van der Waals surface area (Å²) in [6, 6.07) is 12.8. The number of benzene rings is 2. The molecule has 1 heterocycles. The fraction of sp³-hybridized carbons (Fsp3) is 0.150. The summed E-state index contributed by atoms with van der Waals surface area (Å²) in [4.78, 5) is 17.6. The molecule has 0 fully saturated rings. The van der Waals surface area contributed by atoms with Crippen LogP contribution in [0.5, 0.6) is 5.75 Å². The van der Waals surface area contributed by atoms with Crippen LogP contribution in [0.2, 0.25) is 10.0 Å². The van der Waals surface area contributed by atoms with Crippen molar-refractivity contribution in [2.75, 3.05) is 12.9 Å². The number of amides is 1. The normalized spacial score (nSPS) is 11.1. The number of nitrogens with zero attached hydrogens (tertiary/aromatic N) is 2. The van der Waals surface area contributed by atoms with E-state index >= 15 is 0 Å². The summed E-state index contributed by atoms with van der Waals surface area (Å²) in [5.41, 5.74) is 5.00. The molecule has 1 N–H and O–H groups in total. The third kappa shape index (κ3) is 5.16. The predicted octanol–water partition coefficient (Wildman–Crippen LogP) is 5.10. The monoisotopic (exact) mass is 433 g/mol. The molecule has 2 aromatic carbocycles. The second-order valence-corrected chi connectivity index (χ2v) is 7.73. The molecule has 28 heavy (non-hydrogen) atoms. The van der Waals surface area contributed by atoms with Crippen LogP contribution in [0.3, 0.4) is 0 Å². The van der Waals surface area contributed by atoms with Crippen molar-refractivity contribution in [3.8, 4) is 5.75 Å². The number of rotatable bonds is 6. The van der Waals surface area contributed by atoms with Gasteiger partial charge in [-0.2, -0.15) is 5.10 Å². The zero-order valence-corrected chi connectivity index (χ0v) is 17.5. The van der Waals surface area contributed by atoms with Crippen LogP contribution in [0.25, 0.3) is 10.9 Å². The van der Waals surface area contributed by atoms with Crippen LogP contribution in [0.1, 0.15) is 11.3 Å². The lowest BCUT2D eigenvalue weighted by atomic mass is 10.2. The largest absolute Gasteiger partial charge is 0.497 e. The quantitative estimate of drug-likeness (QED) is 0.333. The number of aryl methyl sites for hydroxylation is 1. The average molecular weight is 434 g/mol. The van der Waals surface area contributed by atoms with Crippen LogP contribution < -0.4 is 10.2 Å². The first-order valence-electron chi connectivity index (χ1n) is 8.31. The molecule has 0 atom stereocenters. The van der Waals surface area contributed by atoms with Crippen molar-refractivity contribution in [3.63, 3.8) is 0 Å². The van der Waals surface area contributed by atoms with Crippen LogP contribution >= 0.6 is 35.0 Å². The van der Waals surface area contributed by atoms with E-state index in [9.17, 15) is 4.79 Å². The molecule has 8 heteroatoms. The number of halogens is 2. The van der Waals surface area contributed by atoms with Gasteiger partial charge in [-0.15, -0.1) is 11.8 Å². The number of nitrogens with one attached hydrogen (secondary N) is 1. The van der Waals surface area contributed by atoms with E-state index in [2.05, 4.69) is 15.5 Å². The molecular weight excluding hydrogens is 417 g/mol. The molecule has 0 aliphatic rings. The molecule has 0 spiro atoms. The number of thioether (sulfide) groups is 1. The Hall–Kier alpha value is -2.28. The highest BCUT2D eigenvalue weighted by Gasteiger charge is 2.09. The molecule has 0 saturated heterocycles. The molecule has 0 unspecified atom stereocenters. The lowest BCUT2D eigenvalue weighted by molar-refractivity contribution is -0.118. The summed E-state index contributed by atoms with van der Waals surface area (Å²) in [5.74, 6) is 0.747. The maximum absolute atomic E-state index is 12.1. The van der Waals surface area contributed by atoms with Crippen molar-refractivity contribution < 1.29 is 9.53 Å². The van der Waals surface area contributed by atoms with Gasteiger partial charge in [0, 0.05) is 16.0 Å². The maximum Gasteiger partial charge on any atom is 0.250 e. The molecule has 5 nitrogen and oxygen atoms in total. The molecule has 1 aromatic heterocycles. The number of hydrogen-bond donors (Lipinski definition) is 1. The van der Waals surface area contributed by atoms with Crippen LogP contribution in [0.15, 0.2) is 52.5 Å². The topological polar surface area (TPSA) is 63.6 Å². The predicted molar refractivity (Wildman–Crippen MR) is 116 cm³/mol. The highest BCUT2D eigenvalue weighted by atomic mass is 35.5. The number of hydrogen-bond acceptors (Lipinski definition) is 5. The lowest BCUT2D eigenvalue weighted by Crippen LogP contribution is -2.19. The zero-order valence-electron chi connectivity index (χ0n) is 15.2. The van der Waals surface area contributed by atoms with Crippen molar-refractivity contribution in [1.82, 2.24) is 10.4 Å². The highest BCUT2D eigenvalue weighted by Crippen LogP contribution is 2.30. The molecule has 3 rings (SSSR count). The smallest absolute Gasteiger partial charge is 0.250 e. The minimum atomic E-state index is -0.216. The average Bonchev–Trinajstić information content (AvgIpc) is 2.68. The van der Waals surface area contributed by atoms with Crippen LogP contribution in [0.4, 0.5) is 0 Å². The van der Waals surface area contributed by atoms with Crippen molar-refractivity contribution in [3.05, 3.63) is 63.8 Å².